The first-order valence-corrected chi connectivity index (χ1v) is 6.58. The molecule has 110 valence electrons. The average molecular weight is 281 g/mol. The Labute approximate surface area is 117 Å². The maximum Gasteiger partial charge on any atom is 0.312 e. The molecule has 0 atom stereocenters. The first-order chi connectivity index (χ1) is 9.49. The molecule has 0 fully saturated rings. The number of amides is 3. The van der Waals surface area contributed by atoms with Crippen molar-refractivity contribution in [1.29, 1.82) is 0 Å². The van der Waals surface area contributed by atoms with E-state index in [1.54, 1.807) is 19.1 Å². The Morgan fingerprint density at radius 1 is 1.25 bits per heavy atom. The molecule has 0 aliphatic rings. The Hall–Kier alpha value is -2.11. The molecule has 5 nitrogen and oxygen atoms in total. The Morgan fingerprint density at radius 3 is 2.65 bits per heavy atom. The summed E-state index contributed by atoms with van der Waals surface area (Å²) in [6.45, 7) is 2.18. The van der Waals surface area contributed by atoms with Crippen molar-refractivity contribution in [2.24, 2.45) is 5.73 Å². The molecule has 1 aromatic rings. The zero-order valence-electron chi connectivity index (χ0n) is 11.5. The van der Waals surface area contributed by atoms with Crippen LogP contribution in [0, 0.1) is 12.7 Å². The largest absolute Gasteiger partial charge is 0.352 e. The monoisotopic (exact) mass is 281 g/mol. The van der Waals surface area contributed by atoms with Gasteiger partial charge in [0.1, 0.15) is 5.82 Å². The number of primary amides is 1. The third-order valence-electron chi connectivity index (χ3n) is 2.84. The molecule has 0 aliphatic heterocycles. The van der Waals surface area contributed by atoms with Gasteiger partial charge in [-0.1, -0.05) is 12.5 Å². The summed E-state index contributed by atoms with van der Waals surface area (Å²) >= 11 is 0. The van der Waals surface area contributed by atoms with E-state index in [1.165, 1.54) is 6.07 Å². The smallest absolute Gasteiger partial charge is 0.312 e. The van der Waals surface area contributed by atoms with Crippen LogP contribution in [0.3, 0.4) is 0 Å². The first-order valence-electron chi connectivity index (χ1n) is 6.58. The molecule has 1 aromatic carbocycles. The van der Waals surface area contributed by atoms with E-state index in [9.17, 15) is 14.0 Å². The fourth-order valence-corrected chi connectivity index (χ4v) is 1.69. The summed E-state index contributed by atoms with van der Waals surface area (Å²) in [6.07, 6.45) is 2.66. The Kier molecular flexibility index (Phi) is 6.49. The molecular formula is C14H20FN3O2. The highest BCUT2D eigenvalue weighted by Gasteiger charge is 2.04. The SMILES string of the molecule is Cc1ccc(NC(=O)CCCCCNC(N)=O)cc1F. The number of nitrogens with two attached hydrogens (primary N) is 1. The summed E-state index contributed by atoms with van der Waals surface area (Å²) < 4.78 is 13.3. The minimum absolute atomic E-state index is 0.142. The Balaban J connectivity index is 2.20. The summed E-state index contributed by atoms with van der Waals surface area (Å²) in [5, 5.41) is 5.13. The molecule has 4 N–H and O–H groups in total. The molecule has 0 spiro atoms. The van der Waals surface area contributed by atoms with Crippen LogP contribution in [0.5, 0.6) is 0 Å². The van der Waals surface area contributed by atoms with E-state index in [0.29, 0.717) is 30.6 Å². The lowest BCUT2D eigenvalue weighted by atomic mass is 10.1. The van der Waals surface area contributed by atoms with E-state index < -0.39 is 6.03 Å². The van der Waals surface area contributed by atoms with Crippen LogP contribution in [0.2, 0.25) is 0 Å². The van der Waals surface area contributed by atoms with Gasteiger partial charge in [-0.2, -0.15) is 0 Å². The molecule has 0 aromatic heterocycles. The molecule has 0 bridgehead atoms. The molecule has 0 saturated heterocycles. The van der Waals surface area contributed by atoms with E-state index in [2.05, 4.69) is 10.6 Å². The third kappa shape index (κ3) is 6.17. The highest BCUT2D eigenvalue weighted by Crippen LogP contribution is 2.14. The van der Waals surface area contributed by atoms with Gasteiger partial charge in [-0.25, -0.2) is 9.18 Å². The van der Waals surface area contributed by atoms with Crippen LogP contribution in [-0.4, -0.2) is 18.5 Å². The number of unbranched alkanes of at least 4 members (excludes halogenated alkanes) is 2. The second kappa shape index (κ2) is 8.14. The molecule has 3 amide bonds. The Bertz CT molecular complexity index is 477. The zero-order chi connectivity index (χ0) is 15.0. The summed E-state index contributed by atoms with van der Waals surface area (Å²) in [4.78, 5) is 22.0. The van der Waals surface area contributed by atoms with Gasteiger partial charge in [-0.05, 0) is 37.5 Å². The lowest BCUT2D eigenvalue weighted by Gasteiger charge is -2.06. The number of nitrogens with one attached hydrogen (secondary N) is 2. The molecular weight excluding hydrogens is 261 g/mol. The number of urea groups is 1. The lowest BCUT2D eigenvalue weighted by Crippen LogP contribution is -2.29. The first kappa shape index (κ1) is 15.9. The highest BCUT2D eigenvalue weighted by molar-refractivity contribution is 5.90. The number of aryl methyl sites for hydroxylation is 1. The van der Waals surface area contributed by atoms with Crippen molar-refractivity contribution in [1.82, 2.24) is 5.32 Å². The number of rotatable bonds is 7. The second-order valence-electron chi connectivity index (χ2n) is 4.61. The van der Waals surface area contributed by atoms with Gasteiger partial charge in [-0.15, -0.1) is 0 Å². The van der Waals surface area contributed by atoms with Crippen molar-refractivity contribution in [3.63, 3.8) is 0 Å². The number of carbonyl (C=O) groups excluding carboxylic acids is 2. The molecule has 20 heavy (non-hydrogen) atoms. The van der Waals surface area contributed by atoms with Gasteiger partial charge >= 0.3 is 6.03 Å². The minimum atomic E-state index is -0.538. The van der Waals surface area contributed by atoms with Crippen LogP contribution < -0.4 is 16.4 Å². The van der Waals surface area contributed by atoms with Crippen LogP contribution in [0.4, 0.5) is 14.9 Å². The molecule has 0 heterocycles. The fraction of sp³-hybridized carbons (Fsp3) is 0.429. The third-order valence-corrected chi connectivity index (χ3v) is 2.84. The van der Waals surface area contributed by atoms with E-state index in [1.807, 2.05) is 0 Å². The van der Waals surface area contributed by atoms with Crippen LogP contribution in [-0.2, 0) is 4.79 Å². The van der Waals surface area contributed by atoms with E-state index in [0.717, 1.165) is 12.8 Å². The van der Waals surface area contributed by atoms with Crippen molar-refractivity contribution >= 4 is 17.6 Å². The zero-order valence-corrected chi connectivity index (χ0v) is 11.5. The normalized spacial score (nSPS) is 10.1. The fourth-order valence-electron chi connectivity index (χ4n) is 1.69. The maximum absolute atomic E-state index is 13.3. The topological polar surface area (TPSA) is 84.2 Å². The van der Waals surface area contributed by atoms with Crippen molar-refractivity contribution in [3.8, 4) is 0 Å². The maximum atomic E-state index is 13.3. The van der Waals surface area contributed by atoms with Crippen LogP contribution >= 0.6 is 0 Å². The van der Waals surface area contributed by atoms with Crippen LogP contribution in [0.25, 0.3) is 0 Å². The number of hydrogen-bond donors (Lipinski definition) is 3. The summed E-state index contributed by atoms with van der Waals surface area (Å²) in [5.41, 5.74) is 5.93. The van der Waals surface area contributed by atoms with Gasteiger partial charge in [0.15, 0.2) is 0 Å². The quantitative estimate of drug-likeness (QED) is 0.670. The number of anilines is 1. The highest BCUT2D eigenvalue weighted by atomic mass is 19.1. The molecule has 0 radical (unpaired) electrons. The second-order valence-corrected chi connectivity index (χ2v) is 4.61. The standard InChI is InChI=1S/C14H20FN3O2/c1-10-6-7-11(9-12(10)15)18-13(19)5-3-2-4-8-17-14(16)20/h6-7,9H,2-5,8H2,1H3,(H,18,19)(H3,16,17,20). The number of carbonyl (C=O) groups is 2. The van der Waals surface area contributed by atoms with Crippen molar-refractivity contribution < 1.29 is 14.0 Å². The lowest BCUT2D eigenvalue weighted by molar-refractivity contribution is -0.116. The average Bonchev–Trinajstić information content (AvgIpc) is 2.38. The van der Waals surface area contributed by atoms with Crippen molar-refractivity contribution in [2.45, 2.75) is 32.6 Å². The van der Waals surface area contributed by atoms with Gasteiger partial charge in [0.2, 0.25) is 5.91 Å². The van der Waals surface area contributed by atoms with Gasteiger partial charge in [0, 0.05) is 18.7 Å². The predicted octanol–water partition coefficient (Wildman–Crippen LogP) is 2.30. The summed E-state index contributed by atoms with van der Waals surface area (Å²) in [5.74, 6) is -0.476. The van der Waals surface area contributed by atoms with E-state index in [4.69, 9.17) is 5.73 Å². The van der Waals surface area contributed by atoms with Crippen molar-refractivity contribution in [2.75, 3.05) is 11.9 Å². The molecule has 0 saturated carbocycles. The number of halogens is 1. The van der Waals surface area contributed by atoms with Crippen LogP contribution in [0.1, 0.15) is 31.2 Å². The number of benzene rings is 1. The summed E-state index contributed by atoms with van der Waals surface area (Å²) in [6, 6.07) is 4.07. The molecule has 0 aliphatic carbocycles. The predicted molar refractivity (Wildman–Crippen MR) is 75.8 cm³/mol. The van der Waals surface area contributed by atoms with E-state index in [-0.39, 0.29) is 11.7 Å². The molecule has 0 unspecified atom stereocenters. The summed E-state index contributed by atoms with van der Waals surface area (Å²) in [7, 11) is 0. The number of hydrogen-bond acceptors (Lipinski definition) is 2. The van der Waals surface area contributed by atoms with Gasteiger partial charge in [-0.3, -0.25) is 4.79 Å². The van der Waals surface area contributed by atoms with Crippen molar-refractivity contribution in [3.05, 3.63) is 29.6 Å². The van der Waals surface area contributed by atoms with Crippen LogP contribution in [0.15, 0.2) is 18.2 Å². The Morgan fingerprint density at radius 2 is 2.00 bits per heavy atom. The van der Waals surface area contributed by atoms with Gasteiger partial charge in [0.05, 0.1) is 0 Å². The van der Waals surface area contributed by atoms with Gasteiger partial charge in [0.25, 0.3) is 0 Å². The minimum Gasteiger partial charge on any atom is -0.352 e. The molecule has 1 rings (SSSR count). The van der Waals surface area contributed by atoms with E-state index >= 15 is 0 Å². The molecule has 6 heteroatoms. The van der Waals surface area contributed by atoms with Gasteiger partial charge < -0.3 is 16.4 Å².